The van der Waals surface area contributed by atoms with Crippen LogP contribution >= 0.6 is 11.6 Å². The summed E-state index contributed by atoms with van der Waals surface area (Å²) in [4.78, 5) is 11.8. The van der Waals surface area contributed by atoms with Crippen molar-refractivity contribution in [3.8, 4) is 0 Å². The van der Waals surface area contributed by atoms with Gasteiger partial charge in [-0.2, -0.15) is 5.10 Å². The molecule has 0 saturated heterocycles. The predicted molar refractivity (Wildman–Crippen MR) is 77.0 cm³/mol. The monoisotopic (exact) mass is 271 g/mol. The lowest BCUT2D eigenvalue weighted by Gasteiger charge is -1.96. The summed E-state index contributed by atoms with van der Waals surface area (Å²) in [6.45, 7) is 0. The molecule has 2 aliphatic rings. The SMILES string of the molecule is O=C1Nc2ccc(Cl)cc2/C1=N/N=C/C1=CCC=C1. The first kappa shape index (κ1) is 11.9. The summed E-state index contributed by atoms with van der Waals surface area (Å²) in [5.41, 5.74) is 2.68. The lowest BCUT2D eigenvalue weighted by molar-refractivity contribution is -0.110. The Balaban J connectivity index is 1.91. The molecular formula is C14H10ClN3O. The maximum Gasteiger partial charge on any atom is 0.276 e. The number of nitrogens with zero attached hydrogens (tertiary/aromatic N) is 2. The topological polar surface area (TPSA) is 53.8 Å². The molecule has 0 fully saturated rings. The van der Waals surface area contributed by atoms with E-state index in [0.29, 0.717) is 16.3 Å². The summed E-state index contributed by atoms with van der Waals surface area (Å²) in [5.74, 6) is -0.259. The fourth-order valence-electron chi connectivity index (χ4n) is 1.95. The highest BCUT2D eigenvalue weighted by Crippen LogP contribution is 2.26. The molecule has 0 unspecified atom stereocenters. The second-order valence-corrected chi connectivity index (χ2v) is 4.62. The molecule has 4 nitrogen and oxygen atoms in total. The number of carbonyl (C=O) groups is 1. The van der Waals surface area contributed by atoms with Crippen molar-refractivity contribution in [2.24, 2.45) is 10.2 Å². The Labute approximate surface area is 115 Å². The van der Waals surface area contributed by atoms with Gasteiger partial charge in [0.15, 0.2) is 5.71 Å². The normalized spacial score (nSPS) is 19.1. The van der Waals surface area contributed by atoms with Gasteiger partial charge in [0.25, 0.3) is 5.91 Å². The van der Waals surface area contributed by atoms with E-state index in [1.807, 2.05) is 18.2 Å². The molecule has 19 heavy (non-hydrogen) atoms. The van der Waals surface area contributed by atoms with E-state index in [0.717, 1.165) is 12.0 Å². The molecule has 1 aliphatic heterocycles. The molecule has 1 aromatic rings. The highest BCUT2D eigenvalue weighted by Gasteiger charge is 2.26. The van der Waals surface area contributed by atoms with E-state index in [1.165, 1.54) is 0 Å². The molecule has 0 spiro atoms. The Bertz CT molecular complexity index is 671. The van der Waals surface area contributed by atoms with Crippen molar-refractivity contribution in [2.75, 3.05) is 5.32 Å². The van der Waals surface area contributed by atoms with Crippen LogP contribution in [-0.4, -0.2) is 17.8 Å². The van der Waals surface area contributed by atoms with Crippen LogP contribution in [0.15, 0.2) is 52.2 Å². The van der Waals surface area contributed by atoms with Crippen LogP contribution in [0.4, 0.5) is 5.69 Å². The minimum absolute atomic E-state index is 0.259. The number of nitrogens with one attached hydrogen (secondary N) is 1. The summed E-state index contributed by atoms with van der Waals surface area (Å²) in [6.07, 6.45) is 8.57. The summed E-state index contributed by atoms with van der Waals surface area (Å²) in [5, 5.41) is 11.2. The maximum atomic E-state index is 11.8. The molecule has 3 rings (SSSR count). The molecule has 1 aliphatic carbocycles. The average molecular weight is 272 g/mol. The Morgan fingerprint density at radius 2 is 2.26 bits per heavy atom. The third-order valence-corrected chi connectivity index (χ3v) is 3.10. The number of anilines is 1. The zero-order valence-electron chi connectivity index (χ0n) is 9.93. The van der Waals surface area contributed by atoms with E-state index in [2.05, 4.69) is 15.5 Å². The van der Waals surface area contributed by atoms with Crippen molar-refractivity contribution in [1.82, 2.24) is 0 Å². The van der Waals surface area contributed by atoms with E-state index in [9.17, 15) is 4.79 Å². The van der Waals surface area contributed by atoms with Gasteiger partial charge in [0.1, 0.15) is 0 Å². The first-order valence-corrected chi connectivity index (χ1v) is 6.21. The minimum atomic E-state index is -0.259. The lowest BCUT2D eigenvalue weighted by Crippen LogP contribution is -2.13. The van der Waals surface area contributed by atoms with E-state index < -0.39 is 0 Å². The molecule has 0 aromatic heterocycles. The molecular weight excluding hydrogens is 262 g/mol. The second kappa shape index (κ2) is 4.82. The predicted octanol–water partition coefficient (Wildman–Crippen LogP) is 2.95. The molecule has 0 radical (unpaired) electrons. The number of halogens is 1. The van der Waals surface area contributed by atoms with Gasteiger partial charge in [-0.1, -0.05) is 29.8 Å². The van der Waals surface area contributed by atoms with Crippen molar-refractivity contribution in [3.63, 3.8) is 0 Å². The first-order valence-electron chi connectivity index (χ1n) is 5.83. The van der Waals surface area contributed by atoms with Crippen LogP contribution in [0.1, 0.15) is 12.0 Å². The summed E-state index contributed by atoms with van der Waals surface area (Å²) in [7, 11) is 0. The van der Waals surface area contributed by atoms with Crippen LogP contribution in [0.5, 0.6) is 0 Å². The Morgan fingerprint density at radius 3 is 3.05 bits per heavy atom. The summed E-state index contributed by atoms with van der Waals surface area (Å²) < 4.78 is 0. The molecule has 0 saturated carbocycles. The van der Waals surface area contributed by atoms with Crippen LogP contribution in [0.2, 0.25) is 5.02 Å². The number of carbonyl (C=O) groups excluding carboxylic acids is 1. The molecule has 1 amide bonds. The van der Waals surface area contributed by atoms with Crippen molar-refractivity contribution >= 4 is 35.1 Å². The van der Waals surface area contributed by atoms with Gasteiger partial charge in [0, 0.05) is 10.6 Å². The van der Waals surface area contributed by atoms with Gasteiger partial charge >= 0.3 is 0 Å². The van der Waals surface area contributed by atoms with Crippen molar-refractivity contribution in [3.05, 3.63) is 52.6 Å². The number of benzene rings is 1. The molecule has 5 heteroatoms. The maximum absolute atomic E-state index is 11.8. The average Bonchev–Trinajstić information content (AvgIpc) is 2.99. The van der Waals surface area contributed by atoms with Gasteiger partial charge in [-0.25, -0.2) is 0 Å². The quantitative estimate of drug-likeness (QED) is 0.652. The number of rotatable bonds is 2. The fourth-order valence-corrected chi connectivity index (χ4v) is 2.12. The van der Waals surface area contributed by atoms with Crippen molar-refractivity contribution in [2.45, 2.75) is 6.42 Å². The molecule has 94 valence electrons. The number of hydrogen-bond donors (Lipinski definition) is 1. The lowest BCUT2D eigenvalue weighted by atomic mass is 10.1. The number of allylic oxidation sites excluding steroid dienone is 4. The van der Waals surface area contributed by atoms with Gasteiger partial charge in [-0.15, -0.1) is 5.10 Å². The minimum Gasteiger partial charge on any atom is -0.320 e. The van der Waals surface area contributed by atoms with Gasteiger partial charge < -0.3 is 5.32 Å². The standard InChI is InChI=1S/C14H10ClN3O/c15-10-5-6-12-11(7-10)13(14(19)17-12)18-16-8-9-3-1-2-4-9/h1,3-8H,2H2,(H,17,18,19)/b16-8+. The van der Waals surface area contributed by atoms with Crippen molar-refractivity contribution < 1.29 is 4.79 Å². The van der Waals surface area contributed by atoms with Gasteiger partial charge in [0.2, 0.25) is 0 Å². The molecule has 1 aromatic carbocycles. The van der Waals surface area contributed by atoms with Gasteiger partial charge in [-0.05, 0) is 30.2 Å². The molecule has 0 atom stereocenters. The fraction of sp³-hybridized carbons (Fsp3) is 0.0714. The summed E-state index contributed by atoms with van der Waals surface area (Å²) >= 11 is 5.92. The summed E-state index contributed by atoms with van der Waals surface area (Å²) in [6, 6.07) is 5.18. The van der Waals surface area contributed by atoms with Crippen LogP contribution < -0.4 is 5.32 Å². The van der Waals surface area contributed by atoms with Crippen LogP contribution in [0.25, 0.3) is 0 Å². The van der Waals surface area contributed by atoms with Gasteiger partial charge in [0.05, 0.1) is 11.9 Å². The van der Waals surface area contributed by atoms with E-state index in [-0.39, 0.29) is 11.6 Å². The van der Waals surface area contributed by atoms with Crippen LogP contribution in [0.3, 0.4) is 0 Å². The smallest absolute Gasteiger partial charge is 0.276 e. The Kier molecular flexibility index (Phi) is 3.01. The van der Waals surface area contributed by atoms with Crippen LogP contribution in [0, 0.1) is 0 Å². The zero-order chi connectivity index (χ0) is 13.2. The molecule has 0 bridgehead atoms. The highest BCUT2D eigenvalue weighted by atomic mass is 35.5. The van der Waals surface area contributed by atoms with Gasteiger partial charge in [-0.3, -0.25) is 4.79 Å². The Hall–Kier alpha value is -2.20. The van der Waals surface area contributed by atoms with E-state index >= 15 is 0 Å². The number of amides is 1. The zero-order valence-corrected chi connectivity index (χ0v) is 10.7. The second-order valence-electron chi connectivity index (χ2n) is 4.18. The third-order valence-electron chi connectivity index (χ3n) is 2.86. The van der Waals surface area contributed by atoms with Crippen LogP contribution in [-0.2, 0) is 4.79 Å². The van der Waals surface area contributed by atoms with E-state index in [1.54, 1.807) is 24.4 Å². The van der Waals surface area contributed by atoms with Crippen molar-refractivity contribution in [1.29, 1.82) is 0 Å². The largest absolute Gasteiger partial charge is 0.320 e. The van der Waals surface area contributed by atoms with E-state index in [4.69, 9.17) is 11.6 Å². The Morgan fingerprint density at radius 1 is 1.37 bits per heavy atom. The molecule has 1 N–H and O–H groups in total. The third kappa shape index (κ3) is 2.35. The number of fused-ring (bicyclic) bond motifs is 1. The first-order chi connectivity index (χ1) is 9.24. The molecule has 1 heterocycles. The highest BCUT2D eigenvalue weighted by molar-refractivity contribution is 6.54. The number of hydrogen-bond acceptors (Lipinski definition) is 3.